The van der Waals surface area contributed by atoms with Crippen LogP contribution in [-0.4, -0.2) is 18.2 Å². The number of anilines is 1. The van der Waals surface area contributed by atoms with Crippen LogP contribution in [-0.2, 0) is 0 Å². The van der Waals surface area contributed by atoms with Crippen LogP contribution < -0.4 is 10.5 Å². The number of rotatable bonds is 2. The van der Waals surface area contributed by atoms with Gasteiger partial charge in [-0.3, -0.25) is 0 Å². The van der Waals surface area contributed by atoms with Crippen molar-refractivity contribution in [3.63, 3.8) is 0 Å². The Bertz CT molecular complexity index is 574. The monoisotopic (exact) mass is 237 g/mol. The standard InChI is InChI=1S/C11H11NO3S/c1-5-3-7(12)9(15-2)6-4-8(11(13)14)16-10(5)6/h3-4H,12H2,1-2H3,(H,13,14). The lowest BCUT2D eigenvalue weighted by molar-refractivity contribution is 0.0702. The van der Waals surface area contributed by atoms with Gasteiger partial charge in [-0.1, -0.05) is 0 Å². The predicted molar refractivity (Wildman–Crippen MR) is 64.5 cm³/mol. The summed E-state index contributed by atoms with van der Waals surface area (Å²) in [5.74, 6) is -0.384. The van der Waals surface area contributed by atoms with Gasteiger partial charge in [-0.05, 0) is 24.6 Å². The molecule has 2 aromatic rings. The Morgan fingerprint density at radius 2 is 2.19 bits per heavy atom. The van der Waals surface area contributed by atoms with Gasteiger partial charge in [0.25, 0.3) is 0 Å². The molecular weight excluding hydrogens is 226 g/mol. The van der Waals surface area contributed by atoms with Gasteiger partial charge < -0.3 is 15.6 Å². The van der Waals surface area contributed by atoms with Crippen LogP contribution in [0.15, 0.2) is 12.1 Å². The third kappa shape index (κ3) is 1.49. The summed E-state index contributed by atoms with van der Waals surface area (Å²) < 4.78 is 6.10. The van der Waals surface area contributed by atoms with Gasteiger partial charge in [-0.15, -0.1) is 11.3 Å². The van der Waals surface area contributed by atoms with E-state index in [0.29, 0.717) is 16.3 Å². The van der Waals surface area contributed by atoms with Crippen LogP contribution in [0.1, 0.15) is 15.2 Å². The third-order valence-electron chi connectivity index (χ3n) is 2.38. The first-order valence-electron chi connectivity index (χ1n) is 4.64. The van der Waals surface area contributed by atoms with Crippen molar-refractivity contribution in [1.82, 2.24) is 0 Å². The smallest absolute Gasteiger partial charge is 0.345 e. The van der Waals surface area contributed by atoms with E-state index in [9.17, 15) is 4.79 Å². The molecule has 4 nitrogen and oxygen atoms in total. The number of carboxylic acid groups (broad SMARTS) is 1. The van der Waals surface area contributed by atoms with Gasteiger partial charge in [0, 0.05) is 10.1 Å². The van der Waals surface area contributed by atoms with Crippen molar-refractivity contribution in [3.05, 3.63) is 22.6 Å². The second kappa shape index (κ2) is 3.68. The zero-order valence-electron chi connectivity index (χ0n) is 8.90. The number of carboxylic acids is 1. The molecule has 0 amide bonds. The molecule has 0 bridgehead atoms. The SMILES string of the molecule is COc1c(N)cc(C)c2sc(C(=O)O)cc12. The molecule has 0 fully saturated rings. The molecule has 1 aromatic carbocycles. The normalized spacial score (nSPS) is 10.6. The number of nitrogens with two attached hydrogens (primary N) is 1. The summed E-state index contributed by atoms with van der Waals surface area (Å²) in [7, 11) is 1.53. The highest BCUT2D eigenvalue weighted by molar-refractivity contribution is 7.21. The molecule has 3 N–H and O–H groups in total. The Morgan fingerprint density at radius 3 is 2.75 bits per heavy atom. The number of nitrogen functional groups attached to an aromatic ring is 1. The van der Waals surface area contributed by atoms with E-state index in [1.54, 1.807) is 12.1 Å². The Morgan fingerprint density at radius 1 is 1.50 bits per heavy atom. The van der Waals surface area contributed by atoms with Gasteiger partial charge in [0.05, 0.1) is 12.8 Å². The minimum absolute atomic E-state index is 0.294. The fourth-order valence-corrected chi connectivity index (χ4v) is 2.67. The molecule has 2 rings (SSSR count). The Kier molecular flexibility index (Phi) is 2.47. The summed E-state index contributed by atoms with van der Waals surface area (Å²) in [6.07, 6.45) is 0. The number of carbonyl (C=O) groups is 1. The van der Waals surface area contributed by atoms with E-state index in [2.05, 4.69) is 0 Å². The van der Waals surface area contributed by atoms with E-state index in [0.717, 1.165) is 15.6 Å². The number of benzene rings is 1. The first kappa shape index (κ1) is 10.8. The number of hydrogen-bond donors (Lipinski definition) is 2. The van der Waals surface area contributed by atoms with Crippen molar-refractivity contribution >= 4 is 33.1 Å². The average Bonchev–Trinajstić information content (AvgIpc) is 2.63. The number of fused-ring (bicyclic) bond motifs is 1. The zero-order chi connectivity index (χ0) is 11.9. The summed E-state index contributed by atoms with van der Waals surface area (Å²) in [5, 5.41) is 9.71. The largest absolute Gasteiger partial charge is 0.494 e. The fraction of sp³-hybridized carbons (Fsp3) is 0.182. The quantitative estimate of drug-likeness (QED) is 0.787. The van der Waals surface area contributed by atoms with Crippen molar-refractivity contribution in [2.75, 3.05) is 12.8 Å². The minimum atomic E-state index is -0.929. The van der Waals surface area contributed by atoms with E-state index in [1.165, 1.54) is 18.4 Å². The summed E-state index contributed by atoms with van der Waals surface area (Å²) in [6.45, 7) is 1.90. The van der Waals surface area contributed by atoms with Crippen molar-refractivity contribution in [2.45, 2.75) is 6.92 Å². The average molecular weight is 237 g/mol. The molecule has 0 aliphatic heterocycles. The molecule has 0 saturated carbocycles. The molecule has 0 aliphatic rings. The van der Waals surface area contributed by atoms with Crippen molar-refractivity contribution in [3.8, 4) is 5.75 Å². The summed E-state index contributed by atoms with van der Waals surface area (Å²) in [5.41, 5.74) is 7.31. The van der Waals surface area contributed by atoms with E-state index in [4.69, 9.17) is 15.6 Å². The van der Waals surface area contributed by atoms with Crippen molar-refractivity contribution < 1.29 is 14.6 Å². The van der Waals surface area contributed by atoms with Crippen LogP contribution in [0, 0.1) is 6.92 Å². The summed E-state index contributed by atoms with van der Waals surface area (Å²) in [4.78, 5) is 11.2. The molecular formula is C11H11NO3S. The molecule has 16 heavy (non-hydrogen) atoms. The minimum Gasteiger partial charge on any atom is -0.494 e. The van der Waals surface area contributed by atoms with Gasteiger partial charge in [0.15, 0.2) is 0 Å². The molecule has 0 aliphatic carbocycles. The Labute approximate surface area is 96.3 Å². The first-order chi connectivity index (χ1) is 7.54. The maximum Gasteiger partial charge on any atom is 0.345 e. The van der Waals surface area contributed by atoms with Gasteiger partial charge in [0.1, 0.15) is 10.6 Å². The van der Waals surface area contributed by atoms with Crippen LogP contribution in [0.4, 0.5) is 5.69 Å². The van der Waals surface area contributed by atoms with Gasteiger partial charge in [0.2, 0.25) is 0 Å². The lowest BCUT2D eigenvalue weighted by Gasteiger charge is -2.07. The van der Waals surface area contributed by atoms with Crippen molar-refractivity contribution in [1.29, 1.82) is 0 Å². The van der Waals surface area contributed by atoms with Crippen LogP contribution >= 0.6 is 11.3 Å². The Balaban J connectivity index is 2.83. The topological polar surface area (TPSA) is 72.5 Å². The molecule has 1 aromatic heterocycles. The highest BCUT2D eigenvalue weighted by Crippen LogP contribution is 2.39. The molecule has 0 saturated heterocycles. The van der Waals surface area contributed by atoms with Crippen molar-refractivity contribution in [2.24, 2.45) is 0 Å². The second-order valence-corrected chi connectivity index (χ2v) is 4.53. The van der Waals surface area contributed by atoms with Gasteiger partial charge >= 0.3 is 5.97 Å². The Hall–Kier alpha value is -1.75. The second-order valence-electron chi connectivity index (χ2n) is 3.47. The maximum atomic E-state index is 10.9. The van der Waals surface area contributed by atoms with Crippen LogP contribution in [0.25, 0.3) is 10.1 Å². The number of aromatic carboxylic acids is 1. The van der Waals surface area contributed by atoms with E-state index in [-0.39, 0.29) is 0 Å². The number of thiophene rings is 1. The number of ether oxygens (including phenoxy) is 1. The van der Waals surface area contributed by atoms with Crippen LogP contribution in [0.2, 0.25) is 0 Å². The molecule has 5 heteroatoms. The van der Waals surface area contributed by atoms with Crippen LogP contribution in [0.3, 0.4) is 0 Å². The first-order valence-corrected chi connectivity index (χ1v) is 5.46. The number of hydrogen-bond acceptors (Lipinski definition) is 4. The summed E-state index contributed by atoms with van der Waals surface area (Å²) in [6, 6.07) is 3.40. The highest BCUT2D eigenvalue weighted by Gasteiger charge is 2.15. The molecule has 0 unspecified atom stereocenters. The summed E-state index contributed by atoms with van der Waals surface area (Å²) >= 11 is 1.24. The number of aryl methyl sites for hydroxylation is 1. The molecule has 0 spiro atoms. The molecule has 0 radical (unpaired) electrons. The molecule has 84 valence electrons. The van der Waals surface area contributed by atoms with Crippen LogP contribution in [0.5, 0.6) is 5.75 Å². The lowest BCUT2D eigenvalue weighted by Crippen LogP contribution is -1.93. The molecule has 1 heterocycles. The van der Waals surface area contributed by atoms with E-state index < -0.39 is 5.97 Å². The van der Waals surface area contributed by atoms with E-state index >= 15 is 0 Å². The highest BCUT2D eigenvalue weighted by atomic mass is 32.1. The third-order valence-corrected chi connectivity index (χ3v) is 3.64. The van der Waals surface area contributed by atoms with E-state index in [1.807, 2.05) is 6.92 Å². The fourth-order valence-electron chi connectivity index (χ4n) is 1.71. The maximum absolute atomic E-state index is 10.9. The predicted octanol–water partition coefficient (Wildman–Crippen LogP) is 2.50. The molecule has 0 atom stereocenters. The van der Waals surface area contributed by atoms with Gasteiger partial charge in [-0.25, -0.2) is 4.79 Å². The number of methoxy groups -OCH3 is 1. The zero-order valence-corrected chi connectivity index (χ0v) is 9.72. The van der Waals surface area contributed by atoms with Gasteiger partial charge in [-0.2, -0.15) is 0 Å². The lowest BCUT2D eigenvalue weighted by atomic mass is 10.1.